The number of aromatic nitrogens is 4. The second-order valence-corrected chi connectivity index (χ2v) is 11.8. The molecule has 0 amide bonds. The SMILES string of the molecule is C[C@@H]1CN(c2nc(-c3ccnc(NC4CCN(CC(C)(F)F)CC4)c3)nc3cncc(C4CC4)c23)C[C@H](C)N1. The van der Waals surface area contributed by atoms with E-state index in [4.69, 9.17) is 9.97 Å². The molecule has 2 atom stereocenters. The number of anilines is 2. The van der Waals surface area contributed by atoms with E-state index in [-0.39, 0.29) is 12.6 Å². The van der Waals surface area contributed by atoms with Gasteiger partial charge in [-0.05, 0) is 63.1 Å². The Morgan fingerprint density at radius 1 is 1.05 bits per heavy atom. The lowest BCUT2D eigenvalue weighted by Crippen LogP contribution is -2.54. The van der Waals surface area contributed by atoms with Gasteiger partial charge in [-0.1, -0.05) is 0 Å². The van der Waals surface area contributed by atoms with Crippen molar-refractivity contribution in [3.05, 3.63) is 36.3 Å². The van der Waals surface area contributed by atoms with Gasteiger partial charge in [-0.25, -0.2) is 23.7 Å². The van der Waals surface area contributed by atoms with E-state index < -0.39 is 5.92 Å². The fraction of sp³-hybridized carbons (Fsp3) is 0.586. The summed E-state index contributed by atoms with van der Waals surface area (Å²) in [6.45, 7) is 8.30. The summed E-state index contributed by atoms with van der Waals surface area (Å²) in [7, 11) is 0. The third kappa shape index (κ3) is 6.11. The number of alkyl halides is 2. The largest absolute Gasteiger partial charge is 0.367 e. The van der Waals surface area contributed by atoms with Gasteiger partial charge < -0.3 is 15.5 Å². The molecule has 3 aromatic heterocycles. The van der Waals surface area contributed by atoms with Gasteiger partial charge >= 0.3 is 0 Å². The highest BCUT2D eigenvalue weighted by atomic mass is 19.3. The van der Waals surface area contributed by atoms with Gasteiger partial charge in [0.1, 0.15) is 11.6 Å². The van der Waals surface area contributed by atoms with E-state index in [2.05, 4.69) is 39.3 Å². The number of likely N-dealkylation sites (tertiary alicyclic amines) is 1. The molecule has 39 heavy (non-hydrogen) atoms. The van der Waals surface area contributed by atoms with Gasteiger partial charge in [0.25, 0.3) is 5.92 Å². The van der Waals surface area contributed by atoms with Crippen molar-refractivity contribution in [3.8, 4) is 11.4 Å². The van der Waals surface area contributed by atoms with Crippen LogP contribution < -0.4 is 15.5 Å². The lowest BCUT2D eigenvalue weighted by atomic mass is 10.0. The zero-order valence-electron chi connectivity index (χ0n) is 23.0. The number of rotatable bonds is 7. The van der Waals surface area contributed by atoms with Gasteiger partial charge in [0, 0.05) is 74.6 Å². The summed E-state index contributed by atoms with van der Waals surface area (Å²) >= 11 is 0. The normalized spacial score (nSPS) is 23.4. The molecule has 5 heterocycles. The van der Waals surface area contributed by atoms with E-state index >= 15 is 0 Å². The molecule has 1 saturated carbocycles. The zero-order valence-corrected chi connectivity index (χ0v) is 23.0. The number of pyridine rings is 2. The fourth-order valence-corrected chi connectivity index (χ4v) is 6.14. The van der Waals surface area contributed by atoms with Crippen molar-refractivity contribution >= 4 is 22.5 Å². The number of hydrogen-bond donors (Lipinski definition) is 2. The lowest BCUT2D eigenvalue weighted by molar-refractivity contribution is -0.0193. The summed E-state index contributed by atoms with van der Waals surface area (Å²) in [5.41, 5.74) is 3.04. The van der Waals surface area contributed by atoms with E-state index in [1.54, 1.807) is 6.20 Å². The van der Waals surface area contributed by atoms with Crippen LogP contribution in [0.15, 0.2) is 30.7 Å². The van der Waals surface area contributed by atoms with Crippen LogP contribution in [0.5, 0.6) is 0 Å². The van der Waals surface area contributed by atoms with Crippen LogP contribution in [0.3, 0.4) is 0 Å². The number of piperazine rings is 1. The predicted molar refractivity (Wildman–Crippen MR) is 151 cm³/mol. The molecule has 208 valence electrons. The Morgan fingerprint density at radius 2 is 1.79 bits per heavy atom. The van der Waals surface area contributed by atoms with Crippen LogP contribution in [0, 0.1) is 0 Å². The summed E-state index contributed by atoms with van der Waals surface area (Å²) in [5.74, 6) is 0.289. The Morgan fingerprint density at radius 3 is 2.49 bits per heavy atom. The van der Waals surface area contributed by atoms with Gasteiger partial charge in [0.05, 0.1) is 18.3 Å². The molecule has 0 spiro atoms. The van der Waals surface area contributed by atoms with Crippen molar-refractivity contribution in [2.45, 2.75) is 76.4 Å². The molecular formula is C29H38F2N8. The van der Waals surface area contributed by atoms with Crippen LogP contribution in [0.4, 0.5) is 20.4 Å². The first-order valence-corrected chi connectivity index (χ1v) is 14.2. The number of piperidine rings is 1. The minimum atomic E-state index is -2.66. The van der Waals surface area contributed by atoms with Crippen molar-refractivity contribution < 1.29 is 8.78 Å². The summed E-state index contributed by atoms with van der Waals surface area (Å²) in [6, 6.07) is 4.86. The molecule has 3 aliphatic rings. The Kier molecular flexibility index (Phi) is 7.09. The topological polar surface area (TPSA) is 82.1 Å². The van der Waals surface area contributed by atoms with E-state index in [0.29, 0.717) is 36.9 Å². The summed E-state index contributed by atoms with van der Waals surface area (Å²) < 4.78 is 26.8. The van der Waals surface area contributed by atoms with Crippen molar-refractivity contribution in [2.24, 2.45) is 0 Å². The maximum absolute atomic E-state index is 13.4. The van der Waals surface area contributed by atoms with Crippen LogP contribution in [-0.4, -0.2) is 81.6 Å². The smallest absolute Gasteiger partial charge is 0.257 e. The minimum absolute atomic E-state index is 0.183. The maximum Gasteiger partial charge on any atom is 0.257 e. The first-order valence-electron chi connectivity index (χ1n) is 14.2. The Bertz CT molecular complexity index is 1310. The molecule has 3 fully saturated rings. The van der Waals surface area contributed by atoms with Crippen LogP contribution in [0.2, 0.25) is 0 Å². The average molecular weight is 537 g/mol. The molecule has 2 aliphatic heterocycles. The third-order valence-electron chi connectivity index (χ3n) is 7.95. The number of hydrogen-bond acceptors (Lipinski definition) is 8. The van der Waals surface area contributed by atoms with Gasteiger partial charge in [0.2, 0.25) is 0 Å². The fourth-order valence-electron chi connectivity index (χ4n) is 6.14. The molecule has 2 N–H and O–H groups in total. The zero-order chi connectivity index (χ0) is 27.1. The summed E-state index contributed by atoms with van der Waals surface area (Å²) in [6.07, 6.45) is 9.62. The number of nitrogens with zero attached hydrogens (tertiary/aromatic N) is 6. The molecule has 10 heteroatoms. The quantitative estimate of drug-likeness (QED) is 0.451. The van der Waals surface area contributed by atoms with Crippen molar-refractivity contribution in [1.29, 1.82) is 0 Å². The van der Waals surface area contributed by atoms with Crippen molar-refractivity contribution in [3.63, 3.8) is 0 Å². The molecule has 6 rings (SSSR count). The highest BCUT2D eigenvalue weighted by Crippen LogP contribution is 2.45. The van der Waals surface area contributed by atoms with E-state index in [9.17, 15) is 8.78 Å². The second-order valence-electron chi connectivity index (χ2n) is 11.8. The molecular weight excluding hydrogens is 498 g/mol. The number of nitrogens with one attached hydrogen (secondary N) is 2. The van der Waals surface area contributed by atoms with Crippen LogP contribution in [-0.2, 0) is 0 Å². The lowest BCUT2D eigenvalue weighted by Gasteiger charge is -2.37. The van der Waals surface area contributed by atoms with Crippen molar-refractivity contribution in [2.75, 3.05) is 42.9 Å². The standard InChI is InChI=1S/C29H38F2N8/c1-18-15-39(16-19(2)34-18)28-26-23(20-4-5-20)13-32-14-24(26)36-27(37-28)21-6-9-33-25(12-21)35-22-7-10-38(11-8-22)17-29(3,30)31/h6,9,12-14,18-20,22,34H,4-5,7-8,10-11,15-17H2,1-3H3,(H,33,35)/t18-,19+. The molecule has 3 aromatic rings. The molecule has 0 aromatic carbocycles. The Hall–Kier alpha value is -2.98. The molecule has 0 bridgehead atoms. The monoisotopic (exact) mass is 536 g/mol. The molecule has 8 nitrogen and oxygen atoms in total. The van der Waals surface area contributed by atoms with Gasteiger partial charge in [-0.2, -0.15) is 0 Å². The molecule has 0 unspecified atom stereocenters. The highest BCUT2D eigenvalue weighted by molar-refractivity contribution is 5.94. The second kappa shape index (κ2) is 10.5. The van der Waals surface area contributed by atoms with Crippen LogP contribution in [0.1, 0.15) is 57.9 Å². The summed E-state index contributed by atoms with van der Waals surface area (Å²) in [4.78, 5) is 23.5. The van der Waals surface area contributed by atoms with E-state index in [1.807, 2.05) is 29.4 Å². The maximum atomic E-state index is 13.4. The van der Waals surface area contributed by atoms with Gasteiger partial charge in [-0.3, -0.25) is 9.88 Å². The Labute approximate surface area is 228 Å². The van der Waals surface area contributed by atoms with E-state index in [0.717, 1.165) is 61.0 Å². The highest BCUT2D eigenvalue weighted by Gasteiger charge is 2.31. The van der Waals surface area contributed by atoms with Gasteiger partial charge in [-0.15, -0.1) is 0 Å². The van der Waals surface area contributed by atoms with Crippen LogP contribution in [0.25, 0.3) is 22.3 Å². The summed E-state index contributed by atoms with van der Waals surface area (Å²) in [5, 5.41) is 8.28. The first kappa shape index (κ1) is 26.3. The Balaban J connectivity index is 1.28. The van der Waals surface area contributed by atoms with Crippen LogP contribution >= 0.6 is 0 Å². The number of halogens is 2. The first-order chi connectivity index (χ1) is 18.7. The third-order valence-corrected chi connectivity index (χ3v) is 7.95. The number of fused-ring (bicyclic) bond motifs is 1. The molecule has 0 radical (unpaired) electrons. The van der Waals surface area contributed by atoms with E-state index in [1.165, 1.54) is 18.4 Å². The molecule has 2 saturated heterocycles. The van der Waals surface area contributed by atoms with Crippen molar-refractivity contribution in [1.82, 2.24) is 30.2 Å². The minimum Gasteiger partial charge on any atom is -0.367 e. The average Bonchev–Trinajstić information content (AvgIpc) is 3.73. The molecule has 1 aliphatic carbocycles. The van der Waals surface area contributed by atoms with Gasteiger partial charge in [0.15, 0.2) is 5.82 Å². The predicted octanol–water partition coefficient (Wildman–Crippen LogP) is 4.68.